The Bertz CT molecular complexity index is 1290. The van der Waals surface area contributed by atoms with E-state index in [1.54, 1.807) is 6.92 Å². The fourth-order valence-electron chi connectivity index (χ4n) is 3.61. The zero-order valence-electron chi connectivity index (χ0n) is 21.2. The summed E-state index contributed by atoms with van der Waals surface area (Å²) in [6.45, 7) is 2.22. The summed E-state index contributed by atoms with van der Waals surface area (Å²) in [6, 6.07) is 5.98. The van der Waals surface area contributed by atoms with Crippen LogP contribution in [0.25, 0.3) is 10.9 Å². The van der Waals surface area contributed by atoms with Crippen LogP contribution >= 0.6 is 0 Å². The number of aryl methyl sites for hydroxylation is 1. The van der Waals surface area contributed by atoms with Crippen LogP contribution in [0.1, 0.15) is 30.8 Å². The van der Waals surface area contributed by atoms with Crippen LogP contribution < -0.4 is 14.8 Å². The summed E-state index contributed by atoms with van der Waals surface area (Å²) in [5, 5.41) is 12.9. The van der Waals surface area contributed by atoms with E-state index in [1.807, 2.05) is 0 Å². The van der Waals surface area contributed by atoms with Gasteiger partial charge in [0.2, 0.25) is 6.10 Å². The standard InChI is InChI=1S/C25H27F6N3O4/c1-13-33-17-10-18(37-5)19(38-20(12-36-4)25(29,30)31)9-15(17)22(34-13)32-11-14-7-6-8-16(21(14)26)24(27,28)23(2,3)35/h6-10,20,35H,11-12H2,1-5H3,(H,32,33,34). The Kier molecular flexibility index (Phi) is 8.32. The monoisotopic (exact) mass is 547 g/mol. The van der Waals surface area contributed by atoms with Crippen molar-refractivity contribution in [1.82, 2.24) is 9.97 Å². The number of hydrogen-bond acceptors (Lipinski definition) is 7. The molecular weight excluding hydrogens is 520 g/mol. The van der Waals surface area contributed by atoms with Crippen molar-refractivity contribution < 1.29 is 45.7 Å². The maximum Gasteiger partial charge on any atom is 0.427 e. The summed E-state index contributed by atoms with van der Waals surface area (Å²) in [4.78, 5) is 8.50. The zero-order valence-corrected chi connectivity index (χ0v) is 21.2. The van der Waals surface area contributed by atoms with E-state index in [0.29, 0.717) is 0 Å². The molecule has 0 spiro atoms. The second kappa shape index (κ2) is 10.8. The molecule has 0 saturated carbocycles. The van der Waals surface area contributed by atoms with Crippen LogP contribution in [0.3, 0.4) is 0 Å². The first-order valence-corrected chi connectivity index (χ1v) is 11.3. The normalized spacial score (nSPS) is 13.5. The molecule has 3 rings (SSSR count). The highest BCUT2D eigenvalue weighted by atomic mass is 19.4. The van der Waals surface area contributed by atoms with Crippen LogP contribution in [-0.4, -0.2) is 53.8 Å². The molecule has 1 unspecified atom stereocenters. The molecule has 0 fully saturated rings. The van der Waals surface area contributed by atoms with E-state index < -0.39 is 41.8 Å². The number of benzene rings is 2. The Labute approximate surface area is 214 Å². The van der Waals surface area contributed by atoms with Gasteiger partial charge >= 0.3 is 12.1 Å². The average molecular weight is 547 g/mol. The lowest BCUT2D eigenvalue weighted by Crippen LogP contribution is -2.41. The van der Waals surface area contributed by atoms with Crippen molar-refractivity contribution >= 4 is 16.7 Å². The SMILES string of the molecule is COCC(Oc1cc2c(NCc3cccc(C(F)(F)C(C)(C)O)c3F)nc(C)nc2cc1OC)C(F)(F)F. The lowest BCUT2D eigenvalue weighted by molar-refractivity contribution is -0.206. The molecule has 13 heteroatoms. The number of aliphatic hydroxyl groups is 1. The van der Waals surface area contributed by atoms with Crippen molar-refractivity contribution in [2.75, 3.05) is 26.1 Å². The first-order valence-electron chi connectivity index (χ1n) is 11.3. The van der Waals surface area contributed by atoms with Gasteiger partial charge in [0.05, 0.1) is 24.8 Å². The number of rotatable bonds is 10. The molecule has 0 aliphatic rings. The summed E-state index contributed by atoms with van der Waals surface area (Å²) >= 11 is 0. The van der Waals surface area contributed by atoms with E-state index in [-0.39, 0.29) is 46.2 Å². The summed E-state index contributed by atoms with van der Waals surface area (Å²) in [5.41, 5.74) is -3.38. The van der Waals surface area contributed by atoms with E-state index in [2.05, 4.69) is 20.0 Å². The van der Waals surface area contributed by atoms with Crippen LogP contribution in [-0.2, 0) is 17.2 Å². The first-order chi connectivity index (χ1) is 17.6. The molecule has 1 atom stereocenters. The number of fused-ring (bicyclic) bond motifs is 1. The number of halogens is 6. The number of alkyl halides is 5. The van der Waals surface area contributed by atoms with Gasteiger partial charge in [0.15, 0.2) is 11.5 Å². The van der Waals surface area contributed by atoms with E-state index in [4.69, 9.17) is 9.47 Å². The van der Waals surface area contributed by atoms with E-state index in [9.17, 15) is 27.1 Å². The molecular formula is C25H27F6N3O4. The molecule has 0 aliphatic carbocycles. The molecule has 2 N–H and O–H groups in total. The summed E-state index contributed by atoms with van der Waals surface area (Å²) in [6.07, 6.45) is -7.04. The van der Waals surface area contributed by atoms with Gasteiger partial charge in [0.25, 0.3) is 0 Å². The van der Waals surface area contributed by atoms with Crippen molar-refractivity contribution in [2.24, 2.45) is 0 Å². The van der Waals surface area contributed by atoms with Gasteiger partial charge in [0, 0.05) is 30.7 Å². The molecule has 2 aromatic carbocycles. The number of hydrogen-bond donors (Lipinski definition) is 2. The minimum absolute atomic E-state index is 0.0282. The number of ether oxygens (including phenoxy) is 3. The molecule has 0 saturated heterocycles. The van der Waals surface area contributed by atoms with Gasteiger partial charge in [-0.3, -0.25) is 0 Å². The largest absolute Gasteiger partial charge is 0.493 e. The highest BCUT2D eigenvalue weighted by molar-refractivity contribution is 5.91. The molecule has 208 valence electrons. The highest BCUT2D eigenvalue weighted by Crippen LogP contribution is 2.41. The average Bonchev–Trinajstić information content (AvgIpc) is 2.81. The number of methoxy groups -OCH3 is 2. The fraction of sp³-hybridized carbons (Fsp3) is 0.440. The molecule has 1 heterocycles. The molecule has 0 aliphatic heterocycles. The van der Waals surface area contributed by atoms with E-state index in [1.165, 1.54) is 31.4 Å². The van der Waals surface area contributed by atoms with Gasteiger partial charge in [-0.15, -0.1) is 0 Å². The Morgan fingerprint density at radius 3 is 2.29 bits per heavy atom. The van der Waals surface area contributed by atoms with Crippen LogP contribution in [0.4, 0.5) is 32.2 Å². The maximum atomic E-state index is 15.1. The Balaban J connectivity index is 2.02. The second-order valence-corrected chi connectivity index (χ2v) is 9.01. The number of nitrogens with one attached hydrogen (secondary N) is 1. The molecule has 1 aromatic heterocycles. The van der Waals surface area contributed by atoms with Gasteiger partial charge < -0.3 is 24.6 Å². The first kappa shape index (κ1) is 29.2. The van der Waals surface area contributed by atoms with Crippen molar-refractivity contribution in [2.45, 2.75) is 51.1 Å². The Morgan fingerprint density at radius 2 is 1.71 bits per heavy atom. The van der Waals surface area contributed by atoms with Gasteiger partial charge in [-0.25, -0.2) is 14.4 Å². The fourth-order valence-corrected chi connectivity index (χ4v) is 3.61. The maximum absolute atomic E-state index is 15.1. The number of aromatic nitrogens is 2. The molecule has 0 bridgehead atoms. The molecule has 3 aromatic rings. The van der Waals surface area contributed by atoms with Crippen molar-refractivity contribution in [1.29, 1.82) is 0 Å². The lowest BCUT2D eigenvalue weighted by atomic mass is 9.92. The van der Waals surface area contributed by atoms with Crippen molar-refractivity contribution in [3.05, 3.63) is 53.1 Å². The third kappa shape index (κ3) is 6.04. The third-order valence-corrected chi connectivity index (χ3v) is 5.68. The zero-order chi connectivity index (χ0) is 28.5. The molecule has 7 nitrogen and oxygen atoms in total. The number of anilines is 1. The predicted octanol–water partition coefficient (Wildman–Crippen LogP) is 5.52. The summed E-state index contributed by atoms with van der Waals surface area (Å²) in [5.74, 6) is -5.04. The summed E-state index contributed by atoms with van der Waals surface area (Å²) < 4.78 is 99.6. The third-order valence-electron chi connectivity index (χ3n) is 5.68. The second-order valence-electron chi connectivity index (χ2n) is 9.01. The van der Waals surface area contributed by atoms with Crippen LogP contribution in [0, 0.1) is 12.7 Å². The van der Waals surface area contributed by atoms with Crippen LogP contribution in [0.15, 0.2) is 30.3 Å². The van der Waals surface area contributed by atoms with Crippen molar-refractivity contribution in [3.8, 4) is 11.5 Å². The van der Waals surface area contributed by atoms with Gasteiger partial charge in [-0.1, -0.05) is 12.1 Å². The minimum Gasteiger partial charge on any atom is -0.493 e. The van der Waals surface area contributed by atoms with E-state index >= 15 is 4.39 Å². The van der Waals surface area contributed by atoms with Crippen LogP contribution in [0.2, 0.25) is 0 Å². The predicted molar refractivity (Wildman–Crippen MR) is 127 cm³/mol. The molecule has 0 radical (unpaired) electrons. The van der Waals surface area contributed by atoms with Crippen LogP contribution in [0.5, 0.6) is 11.5 Å². The lowest BCUT2D eigenvalue weighted by Gasteiger charge is -2.30. The highest BCUT2D eigenvalue weighted by Gasteiger charge is 2.49. The van der Waals surface area contributed by atoms with Gasteiger partial charge in [-0.2, -0.15) is 22.0 Å². The van der Waals surface area contributed by atoms with Crippen molar-refractivity contribution in [3.63, 3.8) is 0 Å². The number of nitrogens with zero attached hydrogens (tertiary/aromatic N) is 2. The molecule has 38 heavy (non-hydrogen) atoms. The minimum atomic E-state index is -4.74. The quantitative estimate of drug-likeness (QED) is 0.324. The molecule has 0 amide bonds. The van der Waals surface area contributed by atoms with Gasteiger partial charge in [-0.05, 0) is 32.9 Å². The van der Waals surface area contributed by atoms with E-state index in [0.717, 1.165) is 27.0 Å². The smallest absolute Gasteiger partial charge is 0.427 e. The Morgan fingerprint density at radius 1 is 1.03 bits per heavy atom. The Hall–Kier alpha value is -3.32. The van der Waals surface area contributed by atoms with Gasteiger partial charge in [0.1, 0.15) is 23.1 Å². The summed E-state index contributed by atoms with van der Waals surface area (Å²) in [7, 11) is 2.35. The topological polar surface area (TPSA) is 85.7 Å².